The van der Waals surface area contributed by atoms with Gasteiger partial charge in [0.15, 0.2) is 0 Å². The van der Waals surface area contributed by atoms with Gasteiger partial charge >= 0.3 is 11.9 Å². The first-order chi connectivity index (χ1) is 28.9. The zero-order chi connectivity index (χ0) is 43.2. The number of hydrogen-bond donors (Lipinski definition) is 3. The Morgan fingerprint density at radius 2 is 1.50 bits per heavy atom. The van der Waals surface area contributed by atoms with E-state index in [4.69, 9.17) is 9.47 Å². The highest BCUT2D eigenvalue weighted by Gasteiger charge is 2.28. The molecule has 320 valence electrons. The number of ether oxygens (including phenoxy) is 2. The van der Waals surface area contributed by atoms with Crippen LogP contribution in [0.2, 0.25) is 0 Å². The monoisotopic (exact) mass is 838 g/mol. The molecule has 4 aromatic rings. The molecular formula is C47H58N4O8S. The summed E-state index contributed by atoms with van der Waals surface area (Å²) in [6.07, 6.45) is 5.29. The SMILES string of the molecule is CCOC(=O)CCC(=O)N(C)CCN(Cc1cccc(C(=O)Nc2sc3c(c2C(=O)Nc2ccc(CCc4ccc(C(=O)OC)cc4)cc2)CCCC3)c1)[C@H](CO)C(C)C. The molecule has 5 rings (SSSR count). The lowest BCUT2D eigenvalue weighted by Gasteiger charge is -2.34. The molecule has 1 heterocycles. The average molecular weight is 839 g/mol. The Balaban J connectivity index is 1.24. The topological polar surface area (TPSA) is 155 Å². The fourth-order valence-electron chi connectivity index (χ4n) is 7.42. The molecule has 60 heavy (non-hydrogen) atoms. The van der Waals surface area contributed by atoms with Crippen LogP contribution in [0.5, 0.6) is 0 Å². The number of esters is 2. The Morgan fingerprint density at radius 3 is 2.15 bits per heavy atom. The van der Waals surface area contributed by atoms with Crippen molar-refractivity contribution in [3.05, 3.63) is 117 Å². The van der Waals surface area contributed by atoms with Gasteiger partial charge in [0.1, 0.15) is 5.00 Å². The van der Waals surface area contributed by atoms with E-state index in [2.05, 4.69) is 15.5 Å². The third kappa shape index (κ3) is 12.6. The third-order valence-electron chi connectivity index (χ3n) is 10.9. The minimum Gasteiger partial charge on any atom is -0.466 e. The number of hydrogen-bond acceptors (Lipinski definition) is 10. The number of rotatable bonds is 20. The second kappa shape index (κ2) is 22.3. The van der Waals surface area contributed by atoms with Crippen molar-refractivity contribution in [3.63, 3.8) is 0 Å². The molecule has 13 heteroatoms. The van der Waals surface area contributed by atoms with Gasteiger partial charge in [-0.25, -0.2) is 4.79 Å². The summed E-state index contributed by atoms with van der Waals surface area (Å²) in [6.45, 7) is 7.28. The Morgan fingerprint density at radius 1 is 0.817 bits per heavy atom. The van der Waals surface area contributed by atoms with Crippen LogP contribution in [-0.2, 0) is 51.3 Å². The number of methoxy groups -OCH3 is 1. The molecule has 0 unspecified atom stereocenters. The number of aliphatic hydroxyl groups is 1. The number of fused-ring (bicyclic) bond motifs is 1. The first kappa shape index (κ1) is 45.7. The molecular weight excluding hydrogens is 781 g/mol. The fourth-order valence-corrected chi connectivity index (χ4v) is 8.71. The van der Waals surface area contributed by atoms with E-state index in [1.54, 1.807) is 37.1 Å². The third-order valence-corrected chi connectivity index (χ3v) is 12.1. The van der Waals surface area contributed by atoms with E-state index in [0.29, 0.717) is 47.0 Å². The number of aliphatic hydroxyl groups excluding tert-OH is 1. The highest BCUT2D eigenvalue weighted by Crippen LogP contribution is 2.39. The quantitative estimate of drug-likeness (QED) is 0.0777. The lowest BCUT2D eigenvalue weighted by molar-refractivity contribution is -0.145. The Kier molecular flexibility index (Phi) is 17.0. The van der Waals surface area contributed by atoms with Crippen LogP contribution in [0, 0.1) is 5.92 Å². The van der Waals surface area contributed by atoms with Gasteiger partial charge in [-0.3, -0.25) is 24.1 Å². The number of anilines is 2. The second-order valence-corrected chi connectivity index (χ2v) is 16.6. The van der Waals surface area contributed by atoms with Gasteiger partial charge < -0.3 is 30.1 Å². The van der Waals surface area contributed by atoms with Crippen molar-refractivity contribution < 1.29 is 38.6 Å². The summed E-state index contributed by atoms with van der Waals surface area (Å²) < 4.78 is 9.74. The Bertz CT molecular complexity index is 2100. The minimum absolute atomic E-state index is 0.0233. The number of aryl methyl sites for hydroxylation is 3. The highest BCUT2D eigenvalue weighted by molar-refractivity contribution is 7.17. The standard InChI is InChI=1S/C47H58N4O8S/c1-6-59-42(54)25-24-41(53)50(4)26-27-51(39(30-52)31(2)3)29-34-10-9-11-36(28-34)44(55)49-46-43(38-12-7-8-13-40(38)60-46)45(56)48-37-22-18-33(19-23-37)15-14-32-16-20-35(21-17-32)47(57)58-5/h9-11,16-23,28,31,39,52H,6-8,12-15,24-27,29-30H2,1-5H3,(H,48,56)(H,49,55)/t39-/m1/s1. The van der Waals surface area contributed by atoms with Crippen LogP contribution < -0.4 is 10.6 Å². The van der Waals surface area contributed by atoms with E-state index in [1.165, 1.54) is 18.4 Å². The molecule has 3 amide bonds. The molecule has 0 radical (unpaired) electrons. The molecule has 0 saturated heterocycles. The number of benzene rings is 3. The molecule has 0 saturated carbocycles. The minimum atomic E-state index is -0.402. The molecule has 1 aliphatic carbocycles. The van der Waals surface area contributed by atoms with Gasteiger partial charge in [-0.2, -0.15) is 0 Å². The number of thiophene rings is 1. The van der Waals surface area contributed by atoms with E-state index < -0.39 is 5.97 Å². The van der Waals surface area contributed by atoms with Crippen molar-refractivity contribution in [2.45, 2.75) is 84.7 Å². The molecule has 3 N–H and O–H groups in total. The maximum atomic E-state index is 14.0. The Hall–Kier alpha value is -5.37. The van der Waals surface area contributed by atoms with Crippen LogP contribution in [0.15, 0.2) is 72.8 Å². The van der Waals surface area contributed by atoms with Crippen LogP contribution in [-0.4, -0.2) is 91.1 Å². The van der Waals surface area contributed by atoms with Crippen LogP contribution in [0.3, 0.4) is 0 Å². The van der Waals surface area contributed by atoms with Gasteiger partial charge in [-0.15, -0.1) is 11.3 Å². The van der Waals surface area contributed by atoms with E-state index in [1.807, 2.05) is 68.4 Å². The maximum absolute atomic E-state index is 14.0. The number of carbonyl (C=O) groups excluding carboxylic acids is 5. The van der Waals surface area contributed by atoms with Gasteiger partial charge in [-0.05, 0) is 110 Å². The molecule has 3 aromatic carbocycles. The smallest absolute Gasteiger partial charge is 0.337 e. The average Bonchev–Trinajstić information content (AvgIpc) is 3.62. The van der Waals surface area contributed by atoms with E-state index >= 15 is 0 Å². The summed E-state index contributed by atoms with van der Waals surface area (Å²) >= 11 is 1.47. The van der Waals surface area contributed by atoms with Gasteiger partial charge in [0, 0.05) is 55.3 Å². The zero-order valence-electron chi connectivity index (χ0n) is 35.4. The molecule has 12 nitrogen and oxygen atoms in total. The normalized spacial score (nSPS) is 12.7. The number of likely N-dealkylation sites (N-methyl/N-ethyl adjacent to an activating group) is 1. The van der Waals surface area contributed by atoms with E-state index in [-0.39, 0.29) is 61.7 Å². The molecule has 1 aliphatic rings. The van der Waals surface area contributed by atoms with Crippen LogP contribution in [0.4, 0.5) is 10.7 Å². The summed E-state index contributed by atoms with van der Waals surface area (Å²) in [6, 6.07) is 22.3. The van der Waals surface area contributed by atoms with Crippen LogP contribution in [0.25, 0.3) is 0 Å². The molecule has 0 bridgehead atoms. The summed E-state index contributed by atoms with van der Waals surface area (Å²) in [4.78, 5) is 69.0. The molecule has 0 aliphatic heterocycles. The predicted octanol–water partition coefficient (Wildman–Crippen LogP) is 7.32. The maximum Gasteiger partial charge on any atom is 0.337 e. The second-order valence-electron chi connectivity index (χ2n) is 15.5. The van der Waals surface area contributed by atoms with Crippen LogP contribution in [0.1, 0.15) is 105 Å². The Labute approximate surface area is 357 Å². The van der Waals surface area contributed by atoms with Crippen molar-refractivity contribution in [3.8, 4) is 0 Å². The molecule has 1 atom stereocenters. The summed E-state index contributed by atoms with van der Waals surface area (Å²) in [5, 5.41) is 17.1. The first-order valence-corrected chi connectivity index (χ1v) is 21.6. The predicted molar refractivity (Wildman–Crippen MR) is 235 cm³/mol. The summed E-state index contributed by atoms with van der Waals surface area (Å²) in [7, 11) is 3.07. The molecule has 0 spiro atoms. The van der Waals surface area contributed by atoms with Gasteiger partial charge in [0.25, 0.3) is 11.8 Å². The summed E-state index contributed by atoms with van der Waals surface area (Å²) in [5.41, 5.74) is 6.19. The van der Waals surface area contributed by atoms with Gasteiger partial charge in [0.2, 0.25) is 5.91 Å². The van der Waals surface area contributed by atoms with Crippen LogP contribution >= 0.6 is 11.3 Å². The van der Waals surface area contributed by atoms with Gasteiger partial charge in [-0.1, -0.05) is 50.2 Å². The number of carbonyl (C=O) groups is 5. The summed E-state index contributed by atoms with van der Waals surface area (Å²) in [5.74, 6) is -1.40. The van der Waals surface area contributed by atoms with E-state index in [0.717, 1.165) is 65.7 Å². The van der Waals surface area contributed by atoms with Gasteiger partial charge in [0.05, 0.1) is 37.9 Å². The van der Waals surface area contributed by atoms with Crippen molar-refractivity contribution in [1.29, 1.82) is 0 Å². The van der Waals surface area contributed by atoms with Crippen molar-refractivity contribution in [1.82, 2.24) is 9.80 Å². The number of amides is 3. The number of nitrogens with zero attached hydrogens (tertiary/aromatic N) is 2. The highest BCUT2D eigenvalue weighted by atomic mass is 32.1. The van der Waals surface area contributed by atoms with Crippen molar-refractivity contribution in [2.75, 3.05) is 51.1 Å². The lowest BCUT2D eigenvalue weighted by atomic mass is 9.95. The van der Waals surface area contributed by atoms with E-state index in [9.17, 15) is 29.1 Å². The van der Waals surface area contributed by atoms with Crippen molar-refractivity contribution in [2.24, 2.45) is 5.92 Å². The van der Waals surface area contributed by atoms with Crippen molar-refractivity contribution >= 4 is 51.7 Å². The fraction of sp³-hybridized carbons (Fsp3) is 0.426. The zero-order valence-corrected chi connectivity index (χ0v) is 36.2. The first-order valence-electron chi connectivity index (χ1n) is 20.8. The largest absolute Gasteiger partial charge is 0.466 e. The lowest BCUT2D eigenvalue weighted by Crippen LogP contribution is -2.45. The molecule has 1 aromatic heterocycles. The number of nitrogens with one attached hydrogen (secondary N) is 2. The molecule has 0 fully saturated rings.